The molecule has 0 saturated heterocycles. The van der Waals surface area contributed by atoms with Crippen LogP contribution in [0.2, 0.25) is 0 Å². The zero-order valence-corrected chi connectivity index (χ0v) is 13.1. The molecule has 1 amide bonds. The van der Waals surface area contributed by atoms with Crippen molar-refractivity contribution in [3.63, 3.8) is 0 Å². The summed E-state index contributed by atoms with van der Waals surface area (Å²) in [7, 11) is 1.85. The number of hydrogen-bond donors (Lipinski definition) is 5. The molecule has 1 aromatic carbocycles. The highest BCUT2D eigenvalue weighted by atomic mass is 16.1. The van der Waals surface area contributed by atoms with Crippen LogP contribution in [0, 0.1) is 0 Å². The third-order valence-electron chi connectivity index (χ3n) is 3.94. The lowest BCUT2D eigenvalue weighted by Gasteiger charge is -2.12. The van der Waals surface area contributed by atoms with Crippen molar-refractivity contribution in [2.45, 2.75) is 18.9 Å². The van der Waals surface area contributed by atoms with Crippen molar-refractivity contribution < 1.29 is 4.79 Å². The number of fused-ring (bicyclic) bond motifs is 4. The largest absolute Gasteiger partial charge is 0.388 e. The first-order valence-electron chi connectivity index (χ1n) is 7.80. The quantitative estimate of drug-likeness (QED) is 0.547. The van der Waals surface area contributed by atoms with E-state index in [1.807, 2.05) is 25.2 Å². The molecule has 2 aromatic rings. The molecule has 1 aliphatic heterocycles. The van der Waals surface area contributed by atoms with Gasteiger partial charge in [-0.05, 0) is 31.2 Å². The third kappa shape index (κ3) is 3.52. The molecule has 122 valence electrons. The van der Waals surface area contributed by atoms with Crippen LogP contribution in [0.15, 0.2) is 24.4 Å². The maximum atomic E-state index is 12.2. The minimum atomic E-state index is -0.201. The minimum Gasteiger partial charge on any atom is -0.388 e. The highest BCUT2D eigenvalue weighted by molar-refractivity contribution is 5.96. The van der Waals surface area contributed by atoms with Crippen molar-refractivity contribution in [1.82, 2.24) is 15.3 Å². The number of H-pyrrole nitrogens is 1. The van der Waals surface area contributed by atoms with Crippen molar-refractivity contribution in [1.29, 1.82) is 0 Å². The first-order valence-corrected chi connectivity index (χ1v) is 7.80. The molecule has 1 aromatic heterocycles. The zero-order chi connectivity index (χ0) is 16.2. The molecule has 0 fully saturated rings. The number of imidazole rings is 1. The van der Waals surface area contributed by atoms with Crippen LogP contribution < -0.4 is 21.7 Å². The molecule has 2 bridgehead atoms. The summed E-state index contributed by atoms with van der Waals surface area (Å²) in [4.78, 5) is 19.8. The van der Waals surface area contributed by atoms with Gasteiger partial charge in [-0.3, -0.25) is 4.79 Å². The predicted octanol–water partition coefficient (Wildman–Crippen LogP) is 1.44. The average molecular weight is 314 g/mol. The van der Waals surface area contributed by atoms with Crippen molar-refractivity contribution in [3.8, 4) is 11.3 Å². The number of anilines is 2. The van der Waals surface area contributed by atoms with Crippen LogP contribution in [0.1, 0.15) is 24.7 Å². The summed E-state index contributed by atoms with van der Waals surface area (Å²) >= 11 is 0. The van der Waals surface area contributed by atoms with Gasteiger partial charge in [0.25, 0.3) is 0 Å². The van der Waals surface area contributed by atoms with Crippen molar-refractivity contribution in [2.75, 3.05) is 30.8 Å². The van der Waals surface area contributed by atoms with E-state index in [0.717, 1.165) is 41.4 Å². The molecule has 1 aliphatic rings. The minimum absolute atomic E-state index is 0.00425. The van der Waals surface area contributed by atoms with E-state index in [1.165, 1.54) is 0 Å². The van der Waals surface area contributed by atoms with Crippen LogP contribution in [0.5, 0.6) is 0 Å². The normalized spacial score (nSPS) is 18.9. The Balaban J connectivity index is 2.02. The summed E-state index contributed by atoms with van der Waals surface area (Å²) in [5.74, 6) is 0.742. The van der Waals surface area contributed by atoms with E-state index < -0.39 is 0 Å². The predicted molar refractivity (Wildman–Crippen MR) is 91.2 cm³/mol. The standard InChI is InChI=1S/C16H22N6O/c1-18-10-4-5-11-13(7-10)21-15(23)3-2-6-19-8-12(17)16-20-9-14(11)22-16/h4-5,7,9,12,18-19H,2-3,6,8,17H2,1H3,(H,20,22)(H,21,23)/t12-/m0/s1. The van der Waals surface area contributed by atoms with E-state index in [1.54, 1.807) is 6.20 Å². The van der Waals surface area contributed by atoms with Gasteiger partial charge in [0.15, 0.2) is 0 Å². The Morgan fingerprint density at radius 2 is 2.26 bits per heavy atom. The zero-order valence-electron chi connectivity index (χ0n) is 13.1. The van der Waals surface area contributed by atoms with E-state index in [9.17, 15) is 4.79 Å². The number of amides is 1. The second kappa shape index (κ2) is 6.80. The van der Waals surface area contributed by atoms with Crippen molar-refractivity contribution in [2.24, 2.45) is 5.73 Å². The van der Waals surface area contributed by atoms with E-state index >= 15 is 0 Å². The molecular formula is C16H22N6O. The number of carbonyl (C=O) groups is 1. The van der Waals surface area contributed by atoms with E-state index in [-0.39, 0.29) is 11.9 Å². The van der Waals surface area contributed by atoms with Crippen LogP contribution in [0.25, 0.3) is 11.3 Å². The number of aromatic amines is 1. The van der Waals surface area contributed by atoms with Gasteiger partial charge in [-0.15, -0.1) is 0 Å². The Hall–Kier alpha value is -2.38. The Labute approximate surface area is 135 Å². The van der Waals surface area contributed by atoms with Gasteiger partial charge >= 0.3 is 0 Å². The summed E-state index contributed by atoms with van der Waals surface area (Å²) in [6.45, 7) is 1.37. The fourth-order valence-electron chi connectivity index (χ4n) is 2.64. The van der Waals surface area contributed by atoms with Gasteiger partial charge in [-0.25, -0.2) is 4.98 Å². The summed E-state index contributed by atoms with van der Waals surface area (Å²) in [5.41, 5.74) is 9.58. The Bertz CT molecular complexity index is 696. The van der Waals surface area contributed by atoms with Crippen LogP contribution in [-0.2, 0) is 4.79 Å². The number of benzene rings is 1. The number of hydrogen-bond acceptors (Lipinski definition) is 5. The Morgan fingerprint density at radius 1 is 1.39 bits per heavy atom. The number of rotatable bonds is 1. The molecule has 3 rings (SSSR count). The van der Waals surface area contributed by atoms with E-state index in [2.05, 4.69) is 25.9 Å². The molecule has 0 spiro atoms. The summed E-state index contributed by atoms with van der Waals surface area (Å²) in [5, 5.41) is 9.34. The second-order valence-corrected chi connectivity index (χ2v) is 5.65. The molecule has 0 aliphatic carbocycles. The fourth-order valence-corrected chi connectivity index (χ4v) is 2.64. The number of carbonyl (C=O) groups excluding carboxylic acids is 1. The van der Waals surface area contributed by atoms with Gasteiger partial charge in [-0.2, -0.15) is 0 Å². The number of nitrogens with one attached hydrogen (secondary N) is 4. The average Bonchev–Trinajstić information content (AvgIpc) is 3.03. The molecule has 23 heavy (non-hydrogen) atoms. The number of aromatic nitrogens is 2. The highest BCUT2D eigenvalue weighted by Gasteiger charge is 2.15. The highest BCUT2D eigenvalue weighted by Crippen LogP contribution is 2.30. The lowest BCUT2D eigenvalue weighted by Crippen LogP contribution is -2.28. The van der Waals surface area contributed by atoms with Crippen LogP contribution in [0.3, 0.4) is 0 Å². The van der Waals surface area contributed by atoms with Gasteiger partial charge < -0.3 is 26.7 Å². The first kappa shape index (κ1) is 15.5. The van der Waals surface area contributed by atoms with Gasteiger partial charge in [0, 0.05) is 31.3 Å². The smallest absolute Gasteiger partial charge is 0.224 e. The summed E-state index contributed by atoms with van der Waals surface area (Å²) in [6, 6.07) is 5.65. The van der Waals surface area contributed by atoms with Crippen LogP contribution >= 0.6 is 0 Å². The lowest BCUT2D eigenvalue weighted by molar-refractivity contribution is -0.116. The Kier molecular flexibility index (Phi) is 4.59. The molecule has 1 atom stereocenters. The molecule has 2 heterocycles. The molecule has 0 unspecified atom stereocenters. The van der Waals surface area contributed by atoms with Gasteiger partial charge in [0.1, 0.15) is 5.82 Å². The van der Waals surface area contributed by atoms with E-state index in [4.69, 9.17) is 5.73 Å². The first-order chi connectivity index (χ1) is 11.2. The van der Waals surface area contributed by atoms with Crippen molar-refractivity contribution in [3.05, 3.63) is 30.2 Å². The lowest BCUT2D eigenvalue weighted by atomic mass is 10.1. The maximum Gasteiger partial charge on any atom is 0.224 e. The third-order valence-corrected chi connectivity index (χ3v) is 3.94. The Morgan fingerprint density at radius 3 is 3.09 bits per heavy atom. The molecule has 0 saturated carbocycles. The summed E-state index contributed by atoms with van der Waals surface area (Å²) < 4.78 is 0. The van der Waals surface area contributed by atoms with Gasteiger partial charge in [0.05, 0.1) is 23.6 Å². The van der Waals surface area contributed by atoms with Gasteiger partial charge in [-0.1, -0.05) is 0 Å². The van der Waals surface area contributed by atoms with Crippen LogP contribution in [0.4, 0.5) is 11.4 Å². The van der Waals surface area contributed by atoms with Crippen LogP contribution in [-0.4, -0.2) is 36.0 Å². The number of nitrogens with zero attached hydrogens (tertiary/aromatic N) is 1. The second-order valence-electron chi connectivity index (χ2n) is 5.65. The summed E-state index contributed by atoms with van der Waals surface area (Å²) in [6.07, 6.45) is 2.99. The molecule has 7 heteroatoms. The molecule has 6 N–H and O–H groups in total. The number of nitrogens with two attached hydrogens (primary N) is 1. The van der Waals surface area contributed by atoms with E-state index in [0.29, 0.717) is 13.0 Å². The van der Waals surface area contributed by atoms with Gasteiger partial charge in [0.2, 0.25) is 5.91 Å². The molecule has 7 nitrogen and oxygen atoms in total. The SMILES string of the molecule is CNc1ccc2c(c1)NC(=O)CCCNC[C@H](N)c1ncc-2[nH]1. The monoisotopic (exact) mass is 314 g/mol. The maximum absolute atomic E-state index is 12.2. The topological polar surface area (TPSA) is 108 Å². The fraction of sp³-hybridized carbons (Fsp3) is 0.375. The molecular weight excluding hydrogens is 292 g/mol. The molecule has 0 radical (unpaired) electrons. The van der Waals surface area contributed by atoms with Crippen molar-refractivity contribution >= 4 is 17.3 Å².